The van der Waals surface area contributed by atoms with Gasteiger partial charge >= 0.3 is 0 Å². The second-order valence-electron chi connectivity index (χ2n) is 12.4. The Labute approximate surface area is 282 Å². The summed E-state index contributed by atoms with van der Waals surface area (Å²) in [4.78, 5) is 15.2. The highest BCUT2D eigenvalue weighted by Crippen LogP contribution is 2.41. The molecule has 0 unspecified atom stereocenters. The van der Waals surface area contributed by atoms with Gasteiger partial charge in [-0.1, -0.05) is 133 Å². The minimum Gasteiger partial charge on any atom is -0.456 e. The second kappa shape index (κ2) is 11.0. The lowest BCUT2D eigenvalue weighted by molar-refractivity contribution is 0.669. The fourth-order valence-electron chi connectivity index (χ4n) is 7.14. The highest BCUT2D eigenvalue weighted by molar-refractivity contribution is 6.16. The molecule has 10 aromatic rings. The van der Waals surface area contributed by atoms with E-state index in [1.807, 2.05) is 42.5 Å². The molecule has 0 aliphatic rings. The molecule has 49 heavy (non-hydrogen) atoms. The van der Waals surface area contributed by atoms with E-state index in [2.05, 4.69) is 121 Å². The zero-order chi connectivity index (χ0) is 32.3. The maximum absolute atomic E-state index is 6.47. The second-order valence-corrected chi connectivity index (χ2v) is 12.4. The smallest absolute Gasteiger partial charge is 0.164 e. The molecule has 0 N–H and O–H groups in total. The van der Waals surface area contributed by atoms with Crippen molar-refractivity contribution in [3.63, 3.8) is 0 Å². The molecular weight excluding hydrogens is 599 g/mol. The van der Waals surface area contributed by atoms with Crippen LogP contribution in [0.15, 0.2) is 168 Å². The molecule has 0 radical (unpaired) electrons. The first-order chi connectivity index (χ1) is 24.3. The van der Waals surface area contributed by atoms with Gasteiger partial charge < -0.3 is 4.42 Å². The number of aromatic nitrogens is 3. The molecule has 0 saturated carbocycles. The van der Waals surface area contributed by atoms with E-state index in [0.29, 0.717) is 17.5 Å². The van der Waals surface area contributed by atoms with Crippen LogP contribution in [0.25, 0.3) is 99.5 Å². The molecule has 4 nitrogen and oxygen atoms in total. The number of benzene rings is 8. The van der Waals surface area contributed by atoms with Crippen molar-refractivity contribution < 1.29 is 4.42 Å². The van der Waals surface area contributed by atoms with E-state index in [0.717, 1.165) is 49.6 Å². The van der Waals surface area contributed by atoms with Crippen LogP contribution >= 0.6 is 0 Å². The van der Waals surface area contributed by atoms with Crippen molar-refractivity contribution in [1.29, 1.82) is 0 Å². The Morgan fingerprint density at radius 2 is 1.00 bits per heavy atom. The summed E-state index contributed by atoms with van der Waals surface area (Å²) in [6.07, 6.45) is 0. The first-order valence-electron chi connectivity index (χ1n) is 16.4. The van der Waals surface area contributed by atoms with E-state index in [1.165, 1.54) is 32.5 Å². The maximum Gasteiger partial charge on any atom is 0.164 e. The number of furan rings is 1. The summed E-state index contributed by atoms with van der Waals surface area (Å²) in [7, 11) is 0. The molecule has 0 atom stereocenters. The third-order valence-electron chi connectivity index (χ3n) is 9.49. The van der Waals surface area contributed by atoms with Gasteiger partial charge in [-0.25, -0.2) is 15.0 Å². The van der Waals surface area contributed by atoms with Gasteiger partial charge in [0.15, 0.2) is 17.5 Å². The van der Waals surface area contributed by atoms with Gasteiger partial charge in [0.05, 0.1) is 0 Å². The molecule has 10 rings (SSSR count). The summed E-state index contributed by atoms with van der Waals surface area (Å²) in [6, 6.07) is 57.0. The van der Waals surface area contributed by atoms with Crippen LogP contribution in [0.1, 0.15) is 0 Å². The molecule has 0 spiro atoms. The first-order valence-corrected chi connectivity index (χ1v) is 16.4. The molecule has 0 bridgehead atoms. The first kappa shape index (κ1) is 27.5. The Morgan fingerprint density at radius 3 is 1.86 bits per heavy atom. The third kappa shape index (κ3) is 4.57. The van der Waals surface area contributed by atoms with E-state index in [4.69, 9.17) is 19.4 Å². The van der Waals surface area contributed by atoms with Crippen LogP contribution < -0.4 is 0 Å². The molecule has 4 heteroatoms. The molecule has 0 saturated heterocycles. The number of fused-ring (bicyclic) bond motifs is 7. The van der Waals surface area contributed by atoms with Crippen LogP contribution in [0, 0.1) is 0 Å². The van der Waals surface area contributed by atoms with E-state index in [-0.39, 0.29) is 0 Å². The predicted molar refractivity (Wildman–Crippen MR) is 201 cm³/mol. The van der Waals surface area contributed by atoms with Crippen LogP contribution in [0.5, 0.6) is 0 Å². The lowest BCUT2D eigenvalue weighted by Crippen LogP contribution is -2.00. The topological polar surface area (TPSA) is 51.8 Å². The summed E-state index contributed by atoms with van der Waals surface area (Å²) in [5.74, 6) is 1.86. The Bertz CT molecular complexity index is 2890. The van der Waals surface area contributed by atoms with Crippen molar-refractivity contribution in [2.75, 3.05) is 0 Å². The van der Waals surface area contributed by atoms with Gasteiger partial charge in [0.2, 0.25) is 0 Å². The molecule has 0 aliphatic carbocycles. The standard InChI is InChI=1S/C45H27N3O/c1-2-12-29(13-3-1)43-46-44(33-22-21-28-11-4-5-14-30(28)25-33)48-45(47-43)37-19-10-20-41-42(37)39-27-32(23-24-40(39)49-41)38-26-31-15-6-7-16-34(31)35-17-8-9-18-36(35)38/h1-27H. The van der Waals surface area contributed by atoms with E-state index < -0.39 is 0 Å². The van der Waals surface area contributed by atoms with Gasteiger partial charge in [-0.3, -0.25) is 0 Å². The number of hydrogen-bond donors (Lipinski definition) is 0. The summed E-state index contributed by atoms with van der Waals surface area (Å²) < 4.78 is 6.47. The van der Waals surface area contributed by atoms with Crippen molar-refractivity contribution in [3.05, 3.63) is 164 Å². The molecule has 0 aliphatic heterocycles. The van der Waals surface area contributed by atoms with Crippen LogP contribution in [-0.2, 0) is 0 Å². The van der Waals surface area contributed by atoms with E-state index >= 15 is 0 Å². The highest BCUT2D eigenvalue weighted by Gasteiger charge is 2.19. The Kier molecular flexibility index (Phi) is 6.15. The normalized spacial score (nSPS) is 11.7. The van der Waals surface area contributed by atoms with Crippen LogP contribution in [-0.4, -0.2) is 15.0 Å². The van der Waals surface area contributed by atoms with Crippen molar-refractivity contribution in [3.8, 4) is 45.3 Å². The predicted octanol–water partition coefficient (Wildman–Crippen LogP) is 11.9. The number of rotatable bonds is 4. The Balaban J connectivity index is 1.21. The highest BCUT2D eigenvalue weighted by atomic mass is 16.3. The average molecular weight is 626 g/mol. The fraction of sp³-hybridized carbons (Fsp3) is 0. The van der Waals surface area contributed by atoms with Gasteiger partial charge in [-0.2, -0.15) is 0 Å². The van der Waals surface area contributed by atoms with Gasteiger partial charge in [-0.15, -0.1) is 0 Å². The van der Waals surface area contributed by atoms with Gasteiger partial charge in [-0.05, 0) is 73.8 Å². The molecule has 8 aromatic carbocycles. The Morgan fingerprint density at radius 1 is 0.327 bits per heavy atom. The minimum atomic E-state index is 0.604. The van der Waals surface area contributed by atoms with Crippen LogP contribution in [0.2, 0.25) is 0 Å². The van der Waals surface area contributed by atoms with Gasteiger partial charge in [0, 0.05) is 27.5 Å². The van der Waals surface area contributed by atoms with Crippen LogP contribution in [0.3, 0.4) is 0 Å². The molecule has 2 aromatic heterocycles. The monoisotopic (exact) mass is 625 g/mol. The largest absolute Gasteiger partial charge is 0.456 e. The molecule has 0 amide bonds. The molecule has 0 fully saturated rings. The van der Waals surface area contributed by atoms with Crippen LogP contribution in [0.4, 0.5) is 0 Å². The summed E-state index contributed by atoms with van der Waals surface area (Å²) >= 11 is 0. The summed E-state index contributed by atoms with van der Waals surface area (Å²) in [6.45, 7) is 0. The molecular formula is C45H27N3O. The van der Waals surface area contributed by atoms with E-state index in [1.54, 1.807) is 0 Å². The SMILES string of the molecule is c1ccc(-c2nc(-c3ccc4ccccc4c3)nc(-c3cccc4oc5ccc(-c6cc7ccccc7c7ccccc67)cc5c34)n2)cc1. The van der Waals surface area contributed by atoms with Crippen molar-refractivity contribution in [1.82, 2.24) is 15.0 Å². The third-order valence-corrected chi connectivity index (χ3v) is 9.49. The average Bonchev–Trinajstić information content (AvgIpc) is 3.56. The zero-order valence-electron chi connectivity index (χ0n) is 26.3. The minimum absolute atomic E-state index is 0.604. The molecule has 2 heterocycles. The van der Waals surface area contributed by atoms with Crippen molar-refractivity contribution in [2.24, 2.45) is 0 Å². The Hall–Kier alpha value is -6.65. The van der Waals surface area contributed by atoms with Crippen molar-refractivity contribution >= 4 is 54.3 Å². The summed E-state index contributed by atoms with van der Waals surface area (Å²) in [5, 5.41) is 9.26. The lowest BCUT2D eigenvalue weighted by atomic mass is 9.92. The van der Waals surface area contributed by atoms with E-state index in [9.17, 15) is 0 Å². The lowest BCUT2D eigenvalue weighted by Gasteiger charge is -2.11. The quantitative estimate of drug-likeness (QED) is 0.183. The zero-order valence-corrected chi connectivity index (χ0v) is 26.3. The fourth-order valence-corrected chi connectivity index (χ4v) is 7.14. The molecule has 228 valence electrons. The number of nitrogens with zero attached hydrogens (tertiary/aromatic N) is 3. The summed E-state index contributed by atoms with van der Waals surface area (Å²) in [5.41, 5.74) is 6.71. The number of hydrogen-bond acceptors (Lipinski definition) is 4. The maximum atomic E-state index is 6.47. The van der Waals surface area contributed by atoms with Crippen molar-refractivity contribution in [2.45, 2.75) is 0 Å². The van der Waals surface area contributed by atoms with Gasteiger partial charge in [0.25, 0.3) is 0 Å². The van der Waals surface area contributed by atoms with Gasteiger partial charge in [0.1, 0.15) is 11.2 Å².